The first kappa shape index (κ1) is 16.5. The van der Waals surface area contributed by atoms with Gasteiger partial charge < -0.3 is 10.2 Å². The molecule has 1 aromatic rings. The number of hydrogen-bond acceptors (Lipinski definition) is 3. The maximum Gasteiger partial charge on any atom is 0.0234 e. The fourth-order valence-corrected chi connectivity index (χ4v) is 2.72. The summed E-state index contributed by atoms with van der Waals surface area (Å²) in [5.41, 5.74) is 2.99. The van der Waals surface area contributed by atoms with Crippen LogP contribution in [0.5, 0.6) is 0 Å². The Morgan fingerprint density at radius 3 is 2.57 bits per heavy atom. The summed E-state index contributed by atoms with van der Waals surface area (Å²) in [4.78, 5) is 5.02. The second-order valence-electron chi connectivity index (χ2n) is 7.36. The lowest BCUT2D eigenvalue weighted by Crippen LogP contribution is -2.35. The average Bonchev–Trinajstić information content (AvgIpc) is 2.61. The molecular weight excluding hydrogens is 258 g/mol. The number of hydrogen-bond donors (Lipinski definition) is 1. The fraction of sp³-hybridized carbons (Fsp3) is 0.667. The number of nitrogens with one attached hydrogen (secondary N) is 1. The van der Waals surface area contributed by atoms with E-state index in [1.54, 1.807) is 0 Å². The van der Waals surface area contributed by atoms with Crippen LogP contribution in [0.4, 0.5) is 0 Å². The predicted molar refractivity (Wildman–Crippen MR) is 90.4 cm³/mol. The second-order valence-corrected chi connectivity index (χ2v) is 7.36. The molecule has 0 bridgehead atoms. The molecule has 1 aromatic carbocycles. The molecule has 0 radical (unpaired) electrons. The Balaban J connectivity index is 1.91. The molecule has 3 nitrogen and oxygen atoms in total. The molecule has 118 valence electrons. The van der Waals surface area contributed by atoms with Crippen molar-refractivity contribution in [3.8, 4) is 0 Å². The van der Waals surface area contributed by atoms with E-state index in [-0.39, 0.29) is 5.54 Å². The lowest BCUT2D eigenvalue weighted by Gasteiger charge is -2.22. The first-order chi connectivity index (χ1) is 9.92. The molecule has 0 saturated carbocycles. The summed E-state index contributed by atoms with van der Waals surface area (Å²) in [7, 11) is 2.22. The molecule has 0 amide bonds. The Kier molecular flexibility index (Phi) is 5.80. The van der Waals surface area contributed by atoms with E-state index in [1.807, 2.05) is 0 Å². The largest absolute Gasteiger partial charge is 0.308 e. The molecule has 21 heavy (non-hydrogen) atoms. The molecule has 1 N–H and O–H groups in total. The van der Waals surface area contributed by atoms with E-state index in [0.717, 1.165) is 13.1 Å². The minimum atomic E-state index is 0.172. The van der Waals surface area contributed by atoms with Gasteiger partial charge in [-0.2, -0.15) is 0 Å². The van der Waals surface area contributed by atoms with Crippen molar-refractivity contribution in [3.05, 3.63) is 35.4 Å². The number of likely N-dealkylation sites (N-methyl/N-ethyl adjacent to an activating group) is 1. The van der Waals surface area contributed by atoms with Crippen LogP contribution in [0.25, 0.3) is 0 Å². The van der Waals surface area contributed by atoms with Crippen LogP contribution in [0.15, 0.2) is 24.3 Å². The van der Waals surface area contributed by atoms with Crippen LogP contribution in [0.1, 0.15) is 38.3 Å². The number of rotatable bonds is 4. The lowest BCUT2D eigenvalue weighted by molar-refractivity contribution is 0.269. The second kappa shape index (κ2) is 7.39. The molecule has 1 aliphatic rings. The molecule has 0 unspecified atom stereocenters. The van der Waals surface area contributed by atoms with Gasteiger partial charge in [0.25, 0.3) is 0 Å². The molecule has 0 atom stereocenters. The van der Waals surface area contributed by atoms with Gasteiger partial charge in [0.05, 0.1) is 0 Å². The van der Waals surface area contributed by atoms with Crippen LogP contribution in [-0.2, 0) is 13.1 Å². The van der Waals surface area contributed by atoms with E-state index in [4.69, 9.17) is 0 Å². The van der Waals surface area contributed by atoms with Crippen molar-refractivity contribution in [2.45, 2.75) is 45.8 Å². The molecule has 2 rings (SSSR count). The van der Waals surface area contributed by atoms with Crippen LogP contribution in [-0.4, -0.2) is 48.6 Å². The van der Waals surface area contributed by atoms with Gasteiger partial charge in [0.1, 0.15) is 0 Å². The van der Waals surface area contributed by atoms with E-state index in [0.29, 0.717) is 0 Å². The van der Waals surface area contributed by atoms with Gasteiger partial charge in [-0.05, 0) is 58.5 Å². The zero-order valence-electron chi connectivity index (χ0n) is 14.2. The zero-order valence-corrected chi connectivity index (χ0v) is 14.2. The van der Waals surface area contributed by atoms with Crippen molar-refractivity contribution >= 4 is 0 Å². The van der Waals surface area contributed by atoms with Crippen molar-refractivity contribution in [3.63, 3.8) is 0 Å². The Labute approximate surface area is 130 Å². The Hall–Kier alpha value is -0.900. The summed E-state index contributed by atoms with van der Waals surface area (Å²) in [5, 5.41) is 3.56. The molecule has 0 aliphatic carbocycles. The molecule has 1 aliphatic heterocycles. The Bertz CT molecular complexity index is 436. The van der Waals surface area contributed by atoms with Crippen LogP contribution in [0, 0.1) is 0 Å². The van der Waals surface area contributed by atoms with E-state index in [1.165, 1.54) is 43.7 Å². The molecule has 1 fully saturated rings. The summed E-state index contributed by atoms with van der Waals surface area (Å²) >= 11 is 0. The van der Waals surface area contributed by atoms with Gasteiger partial charge >= 0.3 is 0 Å². The Morgan fingerprint density at radius 1 is 1.05 bits per heavy atom. The molecule has 0 spiro atoms. The van der Waals surface area contributed by atoms with Gasteiger partial charge in [0.2, 0.25) is 0 Å². The topological polar surface area (TPSA) is 18.5 Å². The standard InChI is InChI=1S/C18H31N3/c1-18(2,3)19-14-16-7-5-8-17(13-16)15-21-10-6-9-20(4)11-12-21/h5,7-8,13,19H,6,9-12,14-15H2,1-4H3. The van der Waals surface area contributed by atoms with Crippen molar-refractivity contribution in [2.75, 3.05) is 33.2 Å². The third kappa shape index (κ3) is 6.16. The lowest BCUT2D eigenvalue weighted by atomic mass is 10.1. The quantitative estimate of drug-likeness (QED) is 0.919. The molecule has 1 saturated heterocycles. The smallest absolute Gasteiger partial charge is 0.0234 e. The van der Waals surface area contributed by atoms with E-state index in [9.17, 15) is 0 Å². The highest BCUT2D eigenvalue weighted by Gasteiger charge is 2.13. The highest BCUT2D eigenvalue weighted by molar-refractivity contribution is 5.23. The minimum Gasteiger partial charge on any atom is -0.308 e. The summed E-state index contributed by atoms with van der Waals surface area (Å²) in [6, 6.07) is 9.03. The monoisotopic (exact) mass is 289 g/mol. The van der Waals surface area contributed by atoms with Crippen LogP contribution in [0.3, 0.4) is 0 Å². The molecular formula is C18H31N3. The predicted octanol–water partition coefficient (Wildman–Crippen LogP) is 2.71. The van der Waals surface area contributed by atoms with Crippen molar-refractivity contribution in [1.29, 1.82) is 0 Å². The van der Waals surface area contributed by atoms with Crippen molar-refractivity contribution in [1.82, 2.24) is 15.1 Å². The summed E-state index contributed by atoms with van der Waals surface area (Å²) in [5.74, 6) is 0. The van der Waals surface area contributed by atoms with Crippen LogP contribution in [0.2, 0.25) is 0 Å². The van der Waals surface area contributed by atoms with Gasteiger partial charge in [0.15, 0.2) is 0 Å². The third-order valence-corrected chi connectivity index (χ3v) is 4.03. The van der Waals surface area contributed by atoms with E-state index < -0.39 is 0 Å². The Morgan fingerprint density at radius 2 is 1.81 bits per heavy atom. The fourth-order valence-electron chi connectivity index (χ4n) is 2.72. The van der Waals surface area contributed by atoms with Gasteiger partial charge in [-0.15, -0.1) is 0 Å². The van der Waals surface area contributed by atoms with Crippen molar-refractivity contribution in [2.24, 2.45) is 0 Å². The highest BCUT2D eigenvalue weighted by atomic mass is 15.2. The highest BCUT2D eigenvalue weighted by Crippen LogP contribution is 2.12. The third-order valence-electron chi connectivity index (χ3n) is 4.03. The van der Waals surface area contributed by atoms with Gasteiger partial charge in [-0.25, -0.2) is 0 Å². The molecule has 3 heteroatoms. The molecule has 0 aromatic heterocycles. The molecule has 1 heterocycles. The van der Waals surface area contributed by atoms with Gasteiger partial charge in [-0.3, -0.25) is 4.90 Å². The normalized spacial score (nSPS) is 18.7. The summed E-state index contributed by atoms with van der Waals surface area (Å²) in [6.07, 6.45) is 1.28. The van der Waals surface area contributed by atoms with E-state index >= 15 is 0 Å². The number of benzene rings is 1. The van der Waals surface area contributed by atoms with Gasteiger partial charge in [0, 0.05) is 31.7 Å². The van der Waals surface area contributed by atoms with Gasteiger partial charge in [-0.1, -0.05) is 24.3 Å². The average molecular weight is 289 g/mol. The first-order valence-electron chi connectivity index (χ1n) is 8.16. The van der Waals surface area contributed by atoms with Crippen LogP contribution >= 0.6 is 0 Å². The SMILES string of the molecule is CN1CCCN(Cc2cccc(CNC(C)(C)C)c2)CC1. The minimum absolute atomic E-state index is 0.172. The van der Waals surface area contributed by atoms with E-state index in [2.05, 4.69) is 67.2 Å². The van der Waals surface area contributed by atoms with Crippen LogP contribution < -0.4 is 5.32 Å². The zero-order chi connectivity index (χ0) is 15.3. The van der Waals surface area contributed by atoms with Crippen molar-refractivity contribution < 1.29 is 0 Å². The maximum atomic E-state index is 3.56. The first-order valence-corrected chi connectivity index (χ1v) is 8.16. The summed E-state index contributed by atoms with van der Waals surface area (Å²) < 4.78 is 0. The maximum absolute atomic E-state index is 3.56. The number of nitrogens with zero attached hydrogens (tertiary/aromatic N) is 2. The summed E-state index contributed by atoms with van der Waals surface area (Å²) in [6.45, 7) is 13.5.